The lowest BCUT2D eigenvalue weighted by Crippen LogP contribution is -1.89. The summed E-state index contributed by atoms with van der Waals surface area (Å²) in [4.78, 5) is 0. The zero-order chi connectivity index (χ0) is 9.40. The van der Waals surface area contributed by atoms with Crippen molar-refractivity contribution in [3.63, 3.8) is 0 Å². The van der Waals surface area contributed by atoms with Gasteiger partial charge in [-0.25, -0.2) is 0 Å². The van der Waals surface area contributed by atoms with Gasteiger partial charge in [-0.15, -0.1) is 0 Å². The topological polar surface area (TPSA) is 12.0 Å². The standard InChI is InChI=1S/C9H11N.C2H6/c1-3-8-6-4-5-7-9(8)10-2;1-2/h3-7,10H,1H2,2H3;1-2H3. The molecule has 0 radical (unpaired) electrons. The molecule has 0 aromatic heterocycles. The fourth-order valence-electron chi connectivity index (χ4n) is 0.903. The lowest BCUT2D eigenvalue weighted by Gasteiger charge is -2.02. The Balaban J connectivity index is 0.000000561. The number of anilines is 1. The van der Waals surface area contributed by atoms with Gasteiger partial charge >= 0.3 is 0 Å². The SMILES string of the molecule is C=Cc1ccccc1NC.CC. The molecule has 0 amide bonds. The molecule has 0 saturated carbocycles. The molecule has 1 rings (SSSR count). The second kappa shape index (κ2) is 6.47. The molecule has 66 valence electrons. The van der Waals surface area contributed by atoms with Gasteiger partial charge in [0.15, 0.2) is 0 Å². The Kier molecular flexibility index (Phi) is 5.80. The smallest absolute Gasteiger partial charge is 0.0410 e. The van der Waals surface area contributed by atoms with Crippen molar-refractivity contribution in [2.24, 2.45) is 0 Å². The summed E-state index contributed by atoms with van der Waals surface area (Å²) in [6.45, 7) is 7.70. The first-order chi connectivity index (χ1) is 5.88. The minimum atomic E-state index is 1.12. The van der Waals surface area contributed by atoms with E-state index in [4.69, 9.17) is 0 Å². The van der Waals surface area contributed by atoms with E-state index in [2.05, 4.69) is 11.9 Å². The van der Waals surface area contributed by atoms with Crippen LogP contribution in [-0.2, 0) is 0 Å². The Morgan fingerprint density at radius 3 is 2.25 bits per heavy atom. The van der Waals surface area contributed by atoms with E-state index in [9.17, 15) is 0 Å². The Labute approximate surface area is 75.1 Å². The van der Waals surface area contributed by atoms with Crippen LogP contribution in [0.1, 0.15) is 19.4 Å². The molecule has 0 atom stereocenters. The molecule has 1 heteroatoms. The lowest BCUT2D eigenvalue weighted by atomic mass is 10.2. The third kappa shape index (κ3) is 2.79. The summed E-state index contributed by atoms with van der Waals surface area (Å²) in [7, 11) is 1.91. The van der Waals surface area contributed by atoms with E-state index < -0.39 is 0 Å². The lowest BCUT2D eigenvalue weighted by molar-refractivity contribution is 1.50. The Morgan fingerprint density at radius 2 is 1.83 bits per heavy atom. The van der Waals surface area contributed by atoms with Gasteiger partial charge in [-0.05, 0) is 11.6 Å². The molecular formula is C11H17N. The summed E-state index contributed by atoms with van der Waals surface area (Å²) >= 11 is 0. The molecule has 1 aromatic rings. The fraction of sp³-hybridized carbons (Fsp3) is 0.273. The summed E-state index contributed by atoms with van der Waals surface area (Å²) in [5.41, 5.74) is 2.27. The first kappa shape index (κ1) is 10.8. The molecule has 0 unspecified atom stereocenters. The molecule has 0 aliphatic carbocycles. The molecule has 0 saturated heterocycles. The van der Waals surface area contributed by atoms with Gasteiger partial charge in [0.05, 0.1) is 0 Å². The van der Waals surface area contributed by atoms with Gasteiger partial charge in [0.25, 0.3) is 0 Å². The highest BCUT2D eigenvalue weighted by atomic mass is 14.8. The zero-order valence-corrected chi connectivity index (χ0v) is 8.09. The van der Waals surface area contributed by atoms with Crippen LogP contribution in [0, 0.1) is 0 Å². The molecule has 12 heavy (non-hydrogen) atoms. The highest BCUT2D eigenvalue weighted by Crippen LogP contribution is 2.14. The summed E-state index contributed by atoms with van der Waals surface area (Å²) in [5.74, 6) is 0. The van der Waals surface area contributed by atoms with Crippen molar-refractivity contribution in [3.05, 3.63) is 36.4 Å². The fourth-order valence-corrected chi connectivity index (χ4v) is 0.903. The first-order valence-corrected chi connectivity index (χ1v) is 4.27. The second-order valence-corrected chi connectivity index (χ2v) is 2.04. The minimum absolute atomic E-state index is 1.12. The molecule has 1 aromatic carbocycles. The van der Waals surface area contributed by atoms with Crippen LogP contribution in [0.3, 0.4) is 0 Å². The molecule has 0 fully saturated rings. The Bertz CT molecular complexity index is 228. The minimum Gasteiger partial charge on any atom is -0.388 e. The van der Waals surface area contributed by atoms with E-state index in [0.29, 0.717) is 0 Å². The normalized spacial score (nSPS) is 7.92. The highest BCUT2D eigenvalue weighted by molar-refractivity contribution is 5.64. The van der Waals surface area contributed by atoms with Crippen LogP contribution in [0.15, 0.2) is 30.8 Å². The van der Waals surface area contributed by atoms with E-state index in [0.717, 1.165) is 11.3 Å². The third-order valence-corrected chi connectivity index (χ3v) is 1.45. The van der Waals surface area contributed by atoms with Gasteiger partial charge in [0.1, 0.15) is 0 Å². The van der Waals surface area contributed by atoms with Gasteiger partial charge < -0.3 is 5.32 Å². The average molecular weight is 163 g/mol. The molecule has 1 N–H and O–H groups in total. The number of hydrogen-bond donors (Lipinski definition) is 1. The molecule has 0 spiro atoms. The largest absolute Gasteiger partial charge is 0.388 e. The van der Waals surface area contributed by atoms with Crippen molar-refractivity contribution in [2.75, 3.05) is 12.4 Å². The Hall–Kier alpha value is -1.24. The van der Waals surface area contributed by atoms with Crippen LogP contribution in [-0.4, -0.2) is 7.05 Å². The van der Waals surface area contributed by atoms with Crippen molar-refractivity contribution in [1.82, 2.24) is 0 Å². The summed E-state index contributed by atoms with van der Waals surface area (Å²) in [5, 5.41) is 3.08. The van der Waals surface area contributed by atoms with E-state index in [1.807, 2.05) is 51.2 Å². The maximum Gasteiger partial charge on any atom is 0.0410 e. The predicted molar refractivity (Wildman–Crippen MR) is 57.4 cm³/mol. The van der Waals surface area contributed by atoms with Crippen molar-refractivity contribution >= 4 is 11.8 Å². The first-order valence-electron chi connectivity index (χ1n) is 4.27. The summed E-state index contributed by atoms with van der Waals surface area (Å²) in [6.07, 6.45) is 1.84. The second-order valence-electron chi connectivity index (χ2n) is 2.04. The number of benzene rings is 1. The van der Waals surface area contributed by atoms with E-state index in [1.165, 1.54) is 0 Å². The van der Waals surface area contributed by atoms with Crippen molar-refractivity contribution in [1.29, 1.82) is 0 Å². The van der Waals surface area contributed by atoms with Crippen LogP contribution in [0.4, 0.5) is 5.69 Å². The van der Waals surface area contributed by atoms with E-state index in [1.54, 1.807) is 0 Å². The number of hydrogen-bond acceptors (Lipinski definition) is 1. The van der Waals surface area contributed by atoms with Crippen LogP contribution in [0.25, 0.3) is 6.08 Å². The monoisotopic (exact) mass is 163 g/mol. The average Bonchev–Trinajstić information content (AvgIpc) is 2.20. The summed E-state index contributed by atoms with van der Waals surface area (Å²) in [6, 6.07) is 8.05. The quantitative estimate of drug-likeness (QED) is 0.704. The van der Waals surface area contributed by atoms with Gasteiger partial charge in [0, 0.05) is 12.7 Å². The van der Waals surface area contributed by atoms with E-state index >= 15 is 0 Å². The van der Waals surface area contributed by atoms with Crippen LogP contribution in [0.2, 0.25) is 0 Å². The number of rotatable bonds is 2. The van der Waals surface area contributed by atoms with Crippen LogP contribution in [0.5, 0.6) is 0 Å². The van der Waals surface area contributed by atoms with E-state index in [-0.39, 0.29) is 0 Å². The number of nitrogens with one attached hydrogen (secondary N) is 1. The molecular weight excluding hydrogens is 146 g/mol. The Morgan fingerprint density at radius 1 is 1.25 bits per heavy atom. The van der Waals surface area contributed by atoms with Crippen LogP contribution < -0.4 is 5.32 Å². The molecule has 0 bridgehead atoms. The molecule has 0 heterocycles. The van der Waals surface area contributed by atoms with Gasteiger partial charge in [-0.1, -0.05) is 44.7 Å². The molecule has 0 aliphatic heterocycles. The molecule has 0 aliphatic rings. The third-order valence-electron chi connectivity index (χ3n) is 1.45. The zero-order valence-electron chi connectivity index (χ0n) is 8.09. The van der Waals surface area contributed by atoms with Gasteiger partial charge in [-0.3, -0.25) is 0 Å². The van der Waals surface area contributed by atoms with Gasteiger partial charge in [0.2, 0.25) is 0 Å². The maximum atomic E-state index is 3.70. The van der Waals surface area contributed by atoms with Crippen molar-refractivity contribution in [3.8, 4) is 0 Å². The summed E-state index contributed by atoms with van der Waals surface area (Å²) < 4.78 is 0. The van der Waals surface area contributed by atoms with Gasteiger partial charge in [-0.2, -0.15) is 0 Å². The predicted octanol–water partition coefficient (Wildman–Crippen LogP) is 3.40. The number of para-hydroxylation sites is 1. The van der Waals surface area contributed by atoms with Crippen molar-refractivity contribution in [2.45, 2.75) is 13.8 Å². The maximum absolute atomic E-state index is 3.70. The van der Waals surface area contributed by atoms with Crippen LogP contribution >= 0.6 is 0 Å². The molecule has 1 nitrogen and oxygen atoms in total. The highest BCUT2D eigenvalue weighted by Gasteiger charge is 1.91. The van der Waals surface area contributed by atoms with Crippen molar-refractivity contribution < 1.29 is 0 Å².